The summed E-state index contributed by atoms with van der Waals surface area (Å²) < 4.78 is 11.3. The molecule has 0 saturated carbocycles. The molecule has 0 amide bonds. The van der Waals surface area contributed by atoms with Gasteiger partial charge in [-0.2, -0.15) is 0 Å². The van der Waals surface area contributed by atoms with Gasteiger partial charge in [0.2, 0.25) is 0 Å². The Hall–Kier alpha value is -2.83. The van der Waals surface area contributed by atoms with Gasteiger partial charge in [0, 0.05) is 36.8 Å². The number of phenolic OH excluding ortho intramolecular Hbond substituents is 2. The summed E-state index contributed by atoms with van der Waals surface area (Å²) in [6, 6.07) is 11.1. The average molecular weight is 353 g/mol. The number of phenols is 2. The van der Waals surface area contributed by atoms with Gasteiger partial charge in [0.05, 0.1) is 18.6 Å². The summed E-state index contributed by atoms with van der Waals surface area (Å²) in [6.07, 6.45) is 0. The molecule has 0 unspecified atom stereocenters. The van der Waals surface area contributed by atoms with Crippen molar-refractivity contribution in [3.8, 4) is 22.8 Å². The van der Waals surface area contributed by atoms with E-state index in [4.69, 9.17) is 9.15 Å². The molecule has 0 aliphatic carbocycles. The van der Waals surface area contributed by atoms with Gasteiger partial charge in [-0.15, -0.1) is 0 Å². The van der Waals surface area contributed by atoms with Crippen LogP contribution in [-0.4, -0.2) is 41.4 Å². The first-order valence-electron chi connectivity index (χ1n) is 8.50. The van der Waals surface area contributed by atoms with E-state index in [0.717, 1.165) is 13.1 Å². The fraction of sp³-hybridized carbons (Fsp3) is 0.250. The molecule has 2 N–H and O–H groups in total. The molecule has 1 aromatic heterocycles. The molecule has 0 bridgehead atoms. The Morgan fingerprint density at radius 1 is 1.00 bits per heavy atom. The summed E-state index contributed by atoms with van der Waals surface area (Å²) in [5, 5.41) is 20.1. The van der Waals surface area contributed by atoms with E-state index in [-0.39, 0.29) is 16.9 Å². The van der Waals surface area contributed by atoms with E-state index < -0.39 is 0 Å². The van der Waals surface area contributed by atoms with Gasteiger partial charge in [0.1, 0.15) is 22.8 Å². The first-order valence-corrected chi connectivity index (χ1v) is 8.50. The molecule has 3 aromatic rings. The van der Waals surface area contributed by atoms with Gasteiger partial charge in [0.15, 0.2) is 5.43 Å². The number of morpholine rings is 1. The van der Waals surface area contributed by atoms with Crippen LogP contribution in [0.1, 0.15) is 5.56 Å². The van der Waals surface area contributed by atoms with Crippen LogP contribution < -0.4 is 5.43 Å². The van der Waals surface area contributed by atoms with Gasteiger partial charge in [-0.05, 0) is 36.4 Å². The quantitative estimate of drug-likeness (QED) is 0.753. The smallest absolute Gasteiger partial charge is 0.193 e. The van der Waals surface area contributed by atoms with Crippen molar-refractivity contribution < 1.29 is 19.4 Å². The summed E-state index contributed by atoms with van der Waals surface area (Å²) in [6.45, 7) is 3.27. The number of hydrogen-bond acceptors (Lipinski definition) is 6. The molecule has 0 atom stereocenters. The second-order valence-electron chi connectivity index (χ2n) is 6.35. The summed E-state index contributed by atoms with van der Waals surface area (Å²) in [5.74, 6) is 0.661. The van der Waals surface area contributed by atoms with Crippen molar-refractivity contribution in [3.05, 3.63) is 58.3 Å². The van der Waals surface area contributed by atoms with Crippen molar-refractivity contribution in [1.29, 1.82) is 0 Å². The van der Waals surface area contributed by atoms with Crippen molar-refractivity contribution in [2.45, 2.75) is 6.54 Å². The van der Waals surface area contributed by atoms with Crippen molar-refractivity contribution in [2.75, 3.05) is 26.3 Å². The molecule has 0 spiro atoms. The third-order valence-electron chi connectivity index (χ3n) is 4.62. The van der Waals surface area contributed by atoms with Crippen LogP contribution in [-0.2, 0) is 11.3 Å². The number of ether oxygens (including phenoxy) is 1. The predicted octanol–water partition coefficient (Wildman–Crippen LogP) is 2.70. The third-order valence-corrected chi connectivity index (χ3v) is 4.62. The van der Waals surface area contributed by atoms with Crippen LogP contribution in [0, 0.1) is 0 Å². The fourth-order valence-corrected chi connectivity index (χ4v) is 3.22. The highest BCUT2D eigenvalue weighted by Crippen LogP contribution is 2.30. The van der Waals surface area contributed by atoms with Crippen molar-refractivity contribution in [3.63, 3.8) is 0 Å². The van der Waals surface area contributed by atoms with Gasteiger partial charge in [-0.25, -0.2) is 0 Å². The molecule has 134 valence electrons. The monoisotopic (exact) mass is 353 g/mol. The Kier molecular flexibility index (Phi) is 4.36. The maximum Gasteiger partial charge on any atom is 0.193 e. The molecule has 4 rings (SSSR count). The minimum atomic E-state index is -0.200. The molecule has 1 aliphatic rings. The van der Waals surface area contributed by atoms with Gasteiger partial charge in [0.25, 0.3) is 0 Å². The van der Waals surface area contributed by atoms with Crippen LogP contribution in [0.25, 0.3) is 22.3 Å². The second-order valence-corrected chi connectivity index (χ2v) is 6.35. The molecular weight excluding hydrogens is 334 g/mol. The Morgan fingerprint density at radius 2 is 1.73 bits per heavy atom. The van der Waals surface area contributed by atoms with Crippen LogP contribution in [0.5, 0.6) is 11.5 Å². The average Bonchev–Trinajstić information content (AvgIpc) is 2.65. The Morgan fingerprint density at radius 3 is 2.46 bits per heavy atom. The predicted molar refractivity (Wildman–Crippen MR) is 97.3 cm³/mol. The van der Waals surface area contributed by atoms with E-state index >= 15 is 0 Å². The molecule has 1 fully saturated rings. The van der Waals surface area contributed by atoms with E-state index in [0.29, 0.717) is 47.6 Å². The lowest BCUT2D eigenvalue weighted by molar-refractivity contribution is 0.0340. The zero-order valence-electron chi connectivity index (χ0n) is 14.1. The van der Waals surface area contributed by atoms with Gasteiger partial charge in [-0.1, -0.05) is 0 Å². The van der Waals surface area contributed by atoms with E-state index in [1.54, 1.807) is 36.4 Å². The van der Waals surface area contributed by atoms with Crippen LogP contribution in [0.15, 0.2) is 51.7 Å². The second kappa shape index (κ2) is 6.82. The molecule has 1 aliphatic heterocycles. The highest BCUT2D eigenvalue weighted by Gasteiger charge is 2.18. The normalized spacial score (nSPS) is 15.4. The molecule has 2 heterocycles. The number of hydrogen-bond donors (Lipinski definition) is 2. The zero-order chi connectivity index (χ0) is 18.1. The minimum absolute atomic E-state index is 0.0914. The first-order chi connectivity index (χ1) is 12.6. The zero-order valence-corrected chi connectivity index (χ0v) is 14.1. The van der Waals surface area contributed by atoms with Gasteiger partial charge in [-0.3, -0.25) is 9.69 Å². The summed E-state index contributed by atoms with van der Waals surface area (Å²) in [7, 11) is 0. The largest absolute Gasteiger partial charge is 0.508 e. The SMILES string of the molecule is O=c1cc(-c2ccc(O)cc2)oc2ccc(O)c(CN3CCOCC3)c12. The van der Waals surface area contributed by atoms with Crippen molar-refractivity contribution in [2.24, 2.45) is 0 Å². The van der Waals surface area contributed by atoms with E-state index in [2.05, 4.69) is 4.90 Å². The topological polar surface area (TPSA) is 83.1 Å². The van der Waals surface area contributed by atoms with E-state index in [1.165, 1.54) is 6.07 Å². The van der Waals surface area contributed by atoms with Gasteiger partial charge >= 0.3 is 0 Å². The molecule has 1 saturated heterocycles. The van der Waals surface area contributed by atoms with E-state index in [1.807, 2.05) is 0 Å². The summed E-state index contributed by atoms with van der Waals surface area (Å²) in [4.78, 5) is 14.9. The summed E-state index contributed by atoms with van der Waals surface area (Å²) in [5.41, 5.74) is 1.51. The number of nitrogens with zero attached hydrogens (tertiary/aromatic N) is 1. The number of fused-ring (bicyclic) bond motifs is 1. The molecule has 6 nitrogen and oxygen atoms in total. The molecular formula is C20H19NO5. The molecule has 6 heteroatoms. The van der Waals surface area contributed by atoms with Crippen LogP contribution in [0.4, 0.5) is 0 Å². The summed E-state index contributed by atoms with van der Waals surface area (Å²) >= 11 is 0. The Bertz CT molecular complexity index is 987. The molecule has 0 radical (unpaired) electrons. The lowest BCUT2D eigenvalue weighted by atomic mass is 10.0. The first kappa shape index (κ1) is 16.6. The third kappa shape index (κ3) is 3.16. The van der Waals surface area contributed by atoms with Crippen LogP contribution in [0.2, 0.25) is 0 Å². The number of rotatable bonds is 3. The van der Waals surface area contributed by atoms with Crippen LogP contribution in [0.3, 0.4) is 0 Å². The lowest BCUT2D eigenvalue weighted by Crippen LogP contribution is -2.35. The minimum Gasteiger partial charge on any atom is -0.508 e. The maximum atomic E-state index is 12.8. The standard InChI is InChI=1S/C20H19NO5/c22-14-3-1-13(2-4-14)19-11-17(24)20-15(12-21-7-9-25-10-8-21)16(23)5-6-18(20)26-19/h1-6,11,22-23H,7-10,12H2. The number of aromatic hydroxyl groups is 2. The maximum absolute atomic E-state index is 12.8. The van der Waals surface area contributed by atoms with Crippen molar-refractivity contribution >= 4 is 11.0 Å². The van der Waals surface area contributed by atoms with Crippen LogP contribution >= 0.6 is 0 Å². The Balaban J connectivity index is 1.79. The highest BCUT2D eigenvalue weighted by atomic mass is 16.5. The van der Waals surface area contributed by atoms with Gasteiger partial charge < -0.3 is 19.4 Å². The van der Waals surface area contributed by atoms with E-state index in [9.17, 15) is 15.0 Å². The number of benzene rings is 2. The molecule has 2 aromatic carbocycles. The molecule has 26 heavy (non-hydrogen) atoms. The highest BCUT2D eigenvalue weighted by molar-refractivity contribution is 5.84. The Labute approximate surface area is 149 Å². The fourth-order valence-electron chi connectivity index (χ4n) is 3.22. The van der Waals surface area contributed by atoms with Crippen molar-refractivity contribution in [1.82, 2.24) is 4.90 Å². The lowest BCUT2D eigenvalue weighted by Gasteiger charge is -2.27.